The van der Waals surface area contributed by atoms with Crippen LogP contribution in [-0.2, 0) is 26.2 Å². The van der Waals surface area contributed by atoms with Gasteiger partial charge in [-0.05, 0) is 36.8 Å². The quantitative estimate of drug-likeness (QED) is 0.807. The van der Waals surface area contributed by atoms with E-state index in [0.717, 1.165) is 5.56 Å². The topological polar surface area (TPSA) is 96.3 Å². The van der Waals surface area contributed by atoms with Crippen LogP contribution in [0.2, 0.25) is 0 Å². The first kappa shape index (κ1) is 17.7. The molecule has 24 heavy (non-hydrogen) atoms. The summed E-state index contributed by atoms with van der Waals surface area (Å²) in [5.41, 5.74) is 2.06. The number of ether oxygens (including phenoxy) is 1. The molecule has 0 atom stereocenters. The van der Waals surface area contributed by atoms with Gasteiger partial charge in [0.25, 0.3) is 0 Å². The number of carbonyl (C=O) groups is 1. The SMILES string of the molecule is Cc1ccc(S(=O)(=O)NCC(=O)OCc2cccc(C#N)c2)cc1. The van der Waals surface area contributed by atoms with E-state index in [1.165, 1.54) is 12.1 Å². The molecule has 0 aliphatic carbocycles. The molecule has 0 aliphatic rings. The fourth-order valence-electron chi connectivity index (χ4n) is 1.90. The molecule has 0 aromatic heterocycles. The number of nitrogens with zero attached hydrogens (tertiary/aromatic N) is 1. The third-order valence-corrected chi connectivity index (χ3v) is 4.61. The largest absolute Gasteiger partial charge is 0.460 e. The number of hydrogen-bond donors (Lipinski definition) is 1. The van der Waals surface area contributed by atoms with Crippen molar-refractivity contribution in [2.75, 3.05) is 6.54 Å². The van der Waals surface area contributed by atoms with Gasteiger partial charge in [-0.25, -0.2) is 8.42 Å². The Morgan fingerprint density at radius 1 is 1.21 bits per heavy atom. The third-order valence-electron chi connectivity index (χ3n) is 3.19. The Labute approximate surface area is 140 Å². The predicted molar refractivity (Wildman–Crippen MR) is 87.3 cm³/mol. The van der Waals surface area contributed by atoms with E-state index in [4.69, 9.17) is 10.00 Å². The van der Waals surface area contributed by atoms with Crippen molar-refractivity contribution in [3.63, 3.8) is 0 Å². The first-order valence-corrected chi connectivity index (χ1v) is 8.60. The Hall–Kier alpha value is -2.69. The minimum absolute atomic E-state index is 0.0272. The molecular weight excluding hydrogens is 328 g/mol. The molecule has 0 amide bonds. The molecule has 0 saturated heterocycles. The zero-order chi connectivity index (χ0) is 17.6. The lowest BCUT2D eigenvalue weighted by atomic mass is 10.1. The molecule has 0 heterocycles. The Morgan fingerprint density at radius 3 is 2.58 bits per heavy atom. The number of nitriles is 1. The van der Waals surface area contributed by atoms with E-state index >= 15 is 0 Å². The van der Waals surface area contributed by atoms with Gasteiger partial charge < -0.3 is 4.74 Å². The van der Waals surface area contributed by atoms with Crippen LogP contribution in [-0.4, -0.2) is 20.9 Å². The lowest BCUT2D eigenvalue weighted by Crippen LogP contribution is -2.30. The molecule has 2 rings (SSSR count). The van der Waals surface area contributed by atoms with Gasteiger partial charge in [-0.2, -0.15) is 9.98 Å². The number of sulfonamides is 1. The maximum Gasteiger partial charge on any atom is 0.321 e. The minimum Gasteiger partial charge on any atom is -0.460 e. The molecule has 0 bridgehead atoms. The monoisotopic (exact) mass is 344 g/mol. The van der Waals surface area contributed by atoms with Gasteiger partial charge in [0.2, 0.25) is 10.0 Å². The molecular formula is C17H16N2O4S. The predicted octanol–water partition coefficient (Wildman–Crippen LogP) is 1.89. The smallest absolute Gasteiger partial charge is 0.321 e. The molecule has 6 nitrogen and oxygen atoms in total. The molecule has 0 spiro atoms. The maximum absolute atomic E-state index is 12.1. The second kappa shape index (κ2) is 7.73. The van der Waals surface area contributed by atoms with Crippen LogP contribution in [0, 0.1) is 18.3 Å². The standard InChI is InChI=1S/C17H16N2O4S/c1-13-5-7-16(8-6-13)24(21,22)19-11-17(20)23-12-15-4-2-3-14(9-15)10-18/h2-9,19H,11-12H2,1H3. The van der Waals surface area contributed by atoms with Crippen molar-refractivity contribution >= 4 is 16.0 Å². The summed E-state index contributed by atoms with van der Waals surface area (Å²) in [6, 6.07) is 14.9. The number of nitrogens with one attached hydrogen (secondary N) is 1. The Kier molecular flexibility index (Phi) is 5.68. The Morgan fingerprint density at radius 2 is 1.92 bits per heavy atom. The van der Waals surface area contributed by atoms with Gasteiger partial charge in [0.15, 0.2) is 0 Å². The zero-order valence-corrected chi connectivity index (χ0v) is 13.8. The van der Waals surface area contributed by atoms with Crippen LogP contribution in [0.1, 0.15) is 16.7 Å². The molecule has 0 saturated carbocycles. The number of carbonyl (C=O) groups excluding carboxylic acids is 1. The van der Waals surface area contributed by atoms with E-state index in [1.807, 2.05) is 13.0 Å². The van der Waals surface area contributed by atoms with Crippen molar-refractivity contribution < 1.29 is 17.9 Å². The molecule has 0 unspecified atom stereocenters. The number of esters is 1. The average Bonchev–Trinajstić information content (AvgIpc) is 2.59. The van der Waals surface area contributed by atoms with Crippen LogP contribution in [0.3, 0.4) is 0 Å². The molecule has 124 valence electrons. The Balaban J connectivity index is 1.88. The second-order valence-electron chi connectivity index (χ2n) is 5.11. The van der Waals surface area contributed by atoms with E-state index < -0.39 is 22.5 Å². The molecule has 2 aromatic carbocycles. The highest BCUT2D eigenvalue weighted by atomic mass is 32.2. The second-order valence-corrected chi connectivity index (χ2v) is 6.88. The fraction of sp³-hybridized carbons (Fsp3) is 0.176. The highest BCUT2D eigenvalue weighted by Gasteiger charge is 2.15. The summed E-state index contributed by atoms with van der Waals surface area (Å²) >= 11 is 0. The van der Waals surface area contributed by atoms with E-state index in [0.29, 0.717) is 11.1 Å². The molecule has 1 N–H and O–H groups in total. The van der Waals surface area contributed by atoms with Gasteiger partial charge in [-0.15, -0.1) is 0 Å². The van der Waals surface area contributed by atoms with Crippen molar-refractivity contribution in [2.45, 2.75) is 18.4 Å². The van der Waals surface area contributed by atoms with Gasteiger partial charge >= 0.3 is 5.97 Å². The van der Waals surface area contributed by atoms with Crippen LogP contribution < -0.4 is 4.72 Å². The van der Waals surface area contributed by atoms with Gasteiger partial charge in [0.05, 0.1) is 16.5 Å². The van der Waals surface area contributed by atoms with Crippen molar-refractivity contribution in [1.82, 2.24) is 4.72 Å². The first-order valence-electron chi connectivity index (χ1n) is 7.12. The van der Waals surface area contributed by atoms with Gasteiger partial charge in [0, 0.05) is 0 Å². The molecule has 0 radical (unpaired) electrons. The van der Waals surface area contributed by atoms with E-state index in [1.54, 1.807) is 36.4 Å². The maximum atomic E-state index is 12.1. The van der Waals surface area contributed by atoms with Crippen LogP contribution in [0.15, 0.2) is 53.4 Å². The van der Waals surface area contributed by atoms with Gasteiger partial charge in [-0.1, -0.05) is 29.8 Å². The summed E-state index contributed by atoms with van der Waals surface area (Å²) in [7, 11) is -3.76. The third kappa shape index (κ3) is 4.91. The van der Waals surface area contributed by atoms with Crippen LogP contribution in [0.4, 0.5) is 0 Å². The molecule has 0 aliphatic heterocycles. The lowest BCUT2D eigenvalue weighted by Gasteiger charge is -2.08. The summed E-state index contributed by atoms with van der Waals surface area (Å²) in [6.07, 6.45) is 0. The lowest BCUT2D eigenvalue weighted by molar-refractivity contribution is -0.143. The summed E-state index contributed by atoms with van der Waals surface area (Å²) < 4.78 is 31.3. The highest BCUT2D eigenvalue weighted by molar-refractivity contribution is 7.89. The summed E-state index contributed by atoms with van der Waals surface area (Å²) in [5, 5.41) is 8.80. The van der Waals surface area contributed by atoms with Crippen LogP contribution in [0.5, 0.6) is 0 Å². The summed E-state index contributed by atoms with van der Waals surface area (Å²) in [6.45, 7) is 1.36. The normalized spacial score (nSPS) is 10.8. The zero-order valence-electron chi connectivity index (χ0n) is 13.0. The van der Waals surface area contributed by atoms with E-state index in [9.17, 15) is 13.2 Å². The fourth-order valence-corrected chi connectivity index (χ4v) is 2.87. The van der Waals surface area contributed by atoms with Crippen LogP contribution >= 0.6 is 0 Å². The van der Waals surface area contributed by atoms with E-state index in [-0.39, 0.29) is 11.5 Å². The number of rotatable bonds is 6. The molecule has 0 fully saturated rings. The van der Waals surface area contributed by atoms with Crippen molar-refractivity contribution in [3.8, 4) is 6.07 Å². The molecule has 2 aromatic rings. The average molecular weight is 344 g/mol. The van der Waals surface area contributed by atoms with Crippen molar-refractivity contribution in [2.24, 2.45) is 0 Å². The number of aryl methyl sites for hydroxylation is 1. The number of benzene rings is 2. The summed E-state index contributed by atoms with van der Waals surface area (Å²) in [4.78, 5) is 11.8. The minimum atomic E-state index is -3.76. The molecule has 7 heteroatoms. The van der Waals surface area contributed by atoms with Gasteiger partial charge in [0.1, 0.15) is 13.2 Å². The van der Waals surface area contributed by atoms with Crippen LogP contribution in [0.25, 0.3) is 0 Å². The Bertz CT molecular complexity index is 868. The highest BCUT2D eigenvalue weighted by Crippen LogP contribution is 2.10. The van der Waals surface area contributed by atoms with Crippen molar-refractivity contribution in [3.05, 3.63) is 65.2 Å². The van der Waals surface area contributed by atoms with Gasteiger partial charge in [-0.3, -0.25) is 4.79 Å². The summed E-state index contributed by atoms with van der Waals surface area (Å²) in [5.74, 6) is -0.701. The van der Waals surface area contributed by atoms with Crippen molar-refractivity contribution in [1.29, 1.82) is 5.26 Å². The first-order chi connectivity index (χ1) is 11.4. The number of hydrogen-bond acceptors (Lipinski definition) is 5. The van der Waals surface area contributed by atoms with E-state index in [2.05, 4.69) is 4.72 Å².